The molecule has 0 unspecified atom stereocenters. The van der Waals surface area contributed by atoms with Gasteiger partial charge in [-0.3, -0.25) is 9.59 Å². The van der Waals surface area contributed by atoms with E-state index in [0.29, 0.717) is 0 Å². The molecule has 1 rings (SSSR count). The van der Waals surface area contributed by atoms with Crippen molar-refractivity contribution in [3.8, 4) is 0 Å². The van der Waals surface area contributed by atoms with Crippen molar-refractivity contribution in [2.75, 3.05) is 0 Å². The topological polar surface area (TPSA) is 109 Å². The van der Waals surface area contributed by atoms with Gasteiger partial charge in [0.2, 0.25) is 0 Å². The summed E-state index contributed by atoms with van der Waals surface area (Å²) in [6.45, 7) is 6.40. The van der Waals surface area contributed by atoms with Gasteiger partial charge in [0.25, 0.3) is 0 Å². The summed E-state index contributed by atoms with van der Waals surface area (Å²) in [5.41, 5.74) is -1.10. The first-order valence-electron chi connectivity index (χ1n) is 6.81. The van der Waals surface area contributed by atoms with E-state index < -0.39 is 46.5 Å². The van der Waals surface area contributed by atoms with E-state index in [1.165, 1.54) is 0 Å². The molecule has 0 saturated heterocycles. The number of aromatic carboxylic acids is 2. The molecule has 0 aromatic heterocycles. The number of ketones is 2. The summed E-state index contributed by atoms with van der Waals surface area (Å²) in [7, 11) is 0. The molecule has 6 nitrogen and oxygen atoms in total. The molecule has 0 spiro atoms. The molecule has 2 N–H and O–H groups in total. The molecule has 1 aromatic rings. The van der Waals surface area contributed by atoms with Gasteiger partial charge in [-0.25, -0.2) is 9.59 Å². The number of carbonyl (C=O) groups is 4. The van der Waals surface area contributed by atoms with Gasteiger partial charge in [-0.05, 0) is 12.1 Å². The smallest absolute Gasteiger partial charge is 0.336 e. The van der Waals surface area contributed by atoms with E-state index >= 15 is 0 Å². The third-order valence-electron chi connectivity index (χ3n) is 3.20. The van der Waals surface area contributed by atoms with Crippen molar-refractivity contribution in [2.45, 2.75) is 27.7 Å². The molecule has 0 radical (unpaired) electrons. The number of benzene rings is 1. The van der Waals surface area contributed by atoms with Crippen LogP contribution in [0.25, 0.3) is 0 Å². The number of carbonyl (C=O) groups excluding carboxylic acids is 2. The van der Waals surface area contributed by atoms with Crippen LogP contribution in [0.3, 0.4) is 0 Å². The van der Waals surface area contributed by atoms with Crippen molar-refractivity contribution >= 4 is 23.5 Å². The molecule has 118 valence electrons. The first kappa shape index (κ1) is 17.6. The monoisotopic (exact) mass is 306 g/mol. The standard InChI is InChI=1S/C16H18O6/c1-7(2)13(17)9-5-10(14(18)8(3)4)12(16(21)22)6-11(9)15(19)20/h5-8H,1-4H3,(H,19,20)(H,21,22). The van der Waals surface area contributed by atoms with Crippen molar-refractivity contribution in [1.29, 1.82) is 0 Å². The minimum absolute atomic E-state index is 0.142. The zero-order valence-corrected chi connectivity index (χ0v) is 12.8. The first-order chi connectivity index (χ1) is 10.1. The van der Waals surface area contributed by atoms with Gasteiger partial charge in [-0.1, -0.05) is 27.7 Å². The van der Waals surface area contributed by atoms with Crippen molar-refractivity contribution in [1.82, 2.24) is 0 Å². The van der Waals surface area contributed by atoms with Crippen LogP contribution in [0.5, 0.6) is 0 Å². The fourth-order valence-corrected chi connectivity index (χ4v) is 1.98. The quantitative estimate of drug-likeness (QED) is 0.782. The SMILES string of the molecule is CC(C)C(=O)c1cc(C(=O)C(C)C)c(C(=O)O)cc1C(=O)O. The number of carboxylic acids is 2. The molecule has 0 aliphatic carbocycles. The Morgan fingerprint density at radius 3 is 1.18 bits per heavy atom. The van der Waals surface area contributed by atoms with Crippen LogP contribution in [-0.2, 0) is 0 Å². The van der Waals surface area contributed by atoms with Gasteiger partial charge in [-0.2, -0.15) is 0 Å². The maximum absolute atomic E-state index is 12.2. The highest BCUT2D eigenvalue weighted by atomic mass is 16.4. The van der Waals surface area contributed by atoms with Crippen LogP contribution in [0.2, 0.25) is 0 Å². The Bertz CT molecular complexity index is 602. The predicted octanol–water partition coefficient (Wildman–Crippen LogP) is 2.76. The van der Waals surface area contributed by atoms with E-state index in [2.05, 4.69) is 0 Å². The summed E-state index contributed by atoms with van der Waals surface area (Å²) in [5, 5.41) is 18.4. The number of rotatable bonds is 6. The van der Waals surface area contributed by atoms with Gasteiger partial charge in [0.1, 0.15) is 0 Å². The average Bonchev–Trinajstić information content (AvgIpc) is 2.43. The molecule has 0 aliphatic heterocycles. The molecule has 0 saturated carbocycles. The van der Waals surface area contributed by atoms with E-state index in [4.69, 9.17) is 0 Å². The molecule has 0 fully saturated rings. The van der Waals surface area contributed by atoms with Crippen LogP contribution < -0.4 is 0 Å². The zero-order chi connectivity index (χ0) is 17.2. The Hall–Kier alpha value is -2.50. The van der Waals surface area contributed by atoms with E-state index in [1.807, 2.05) is 0 Å². The van der Waals surface area contributed by atoms with Gasteiger partial charge in [0, 0.05) is 23.0 Å². The summed E-state index contributed by atoms with van der Waals surface area (Å²) in [5.74, 6) is -4.67. The zero-order valence-electron chi connectivity index (χ0n) is 12.8. The molecular weight excluding hydrogens is 288 g/mol. The molecule has 0 atom stereocenters. The summed E-state index contributed by atoms with van der Waals surface area (Å²) in [4.78, 5) is 47.0. The minimum Gasteiger partial charge on any atom is -0.478 e. The Kier molecular flexibility index (Phi) is 5.19. The largest absolute Gasteiger partial charge is 0.478 e. The number of carboxylic acid groups (broad SMARTS) is 2. The normalized spacial score (nSPS) is 10.8. The molecule has 0 amide bonds. The maximum atomic E-state index is 12.2. The Morgan fingerprint density at radius 1 is 0.682 bits per heavy atom. The summed E-state index contributed by atoms with van der Waals surface area (Å²) in [6, 6.07) is 1.98. The van der Waals surface area contributed by atoms with E-state index in [-0.39, 0.29) is 11.1 Å². The highest BCUT2D eigenvalue weighted by Gasteiger charge is 2.27. The second kappa shape index (κ2) is 6.51. The molecule has 0 heterocycles. The first-order valence-corrected chi connectivity index (χ1v) is 6.81. The third-order valence-corrected chi connectivity index (χ3v) is 3.20. The summed E-state index contributed by atoms with van der Waals surface area (Å²) in [6.07, 6.45) is 0. The highest BCUT2D eigenvalue weighted by molar-refractivity contribution is 6.13. The lowest BCUT2D eigenvalue weighted by molar-refractivity contribution is 0.0687. The Morgan fingerprint density at radius 2 is 0.955 bits per heavy atom. The van der Waals surface area contributed by atoms with Gasteiger partial charge in [-0.15, -0.1) is 0 Å². The van der Waals surface area contributed by atoms with Crippen LogP contribution in [-0.4, -0.2) is 33.7 Å². The molecular formula is C16H18O6. The third kappa shape index (κ3) is 3.39. The fourth-order valence-electron chi connectivity index (χ4n) is 1.98. The van der Waals surface area contributed by atoms with Crippen molar-refractivity contribution in [3.63, 3.8) is 0 Å². The van der Waals surface area contributed by atoms with E-state index in [0.717, 1.165) is 12.1 Å². The molecule has 6 heteroatoms. The maximum Gasteiger partial charge on any atom is 0.336 e. The second-order valence-corrected chi connectivity index (χ2v) is 5.59. The highest BCUT2D eigenvalue weighted by Crippen LogP contribution is 2.23. The number of hydrogen-bond donors (Lipinski definition) is 2. The lowest BCUT2D eigenvalue weighted by Crippen LogP contribution is -2.20. The summed E-state index contributed by atoms with van der Waals surface area (Å²) >= 11 is 0. The lowest BCUT2D eigenvalue weighted by Gasteiger charge is -2.14. The van der Waals surface area contributed by atoms with Crippen LogP contribution in [0, 0.1) is 11.8 Å². The predicted molar refractivity (Wildman–Crippen MR) is 78.7 cm³/mol. The molecule has 1 aromatic carbocycles. The van der Waals surface area contributed by atoms with Crippen molar-refractivity contribution in [2.24, 2.45) is 11.8 Å². The van der Waals surface area contributed by atoms with Crippen molar-refractivity contribution < 1.29 is 29.4 Å². The van der Waals surface area contributed by atoms with Crippen LogP contribution in [0.15, 0.2) is 12.1 Å². The molecule has 22 heavy (non-hydrogen) atoms. The summed E-state index contributed by atoms with van der Waals surface area (Å²) < 4.78 is 0. The van der Waals surface area contributed by atoms with Crippen LogP contribution in [0.4, 0.5) is 0 Å². The average molecular weight is 306 g/mol. The Balaban J connectivity index is 3.74. The number of Topliss-reactive ketones (excluding diaryl/α,β-unsaturated/α-hetero) is 2. The van der Waals surface area contributed by atoms with Crippen LogP contribution >= 0.6 is 0 Å². The number of hydrogen-bond acceptors (Lipinski definition) is 4. The fraction of sp³-hybridized carbons (Fsp3) is 0.375. The van der Waals surface area contributed by atoms with Gasteiger partial charge < -0.3 is 10.2 Å². The second-order valence-electron chi connectivity index (χ2n) is 5.59. The van der Waals surface area contributed by atoms with E-state index in [1.54, 1.807) is 27.7 Å². The van der Waals surface area contributed by atoms with Crippen LogP contribution in [0.1, 0.15) is 69.1 Å². The van der Waals surface area contributed by atoms with Crippen molar-refractivity contribution in [3.05, 3.63) is 34.4 Å². The van der Waals surface area contributed by atoms with Gasteiger partial charge in [0.05, 0.1) is 11.1 Å². The van der Waals surface area contributed by atoms with Gasteiger partial charge >= 0.3 is 11.9 Å². The lowest BCUT2D eigenvalue weighted by atomic mass is 9.88. The van der Waals surface area contributed by atoms with E-state index in [9.17, 15) is 29.4 Å². The Labute approximate surface area is 127 Å². The van der Waals surface area contributed by atoms with Gasteiger partial charge in [0.15, 0.2) is 11.6 Å². The minimum atomic E-state index is -1.41. The molecule has 0 aliphatic rings. The molecule has 0 bridgehead atoms.